The molecule has 1 amide bonds. The van der Waals surface area contributed by atoms with Crippen molar-refractivity contribution in [2.45, 2.75) is 26.3 Å². The Morgan fingerprint density at radius 2 is 2.00 bits per heavy atom. The van der Waals surface area contributed by atoms with Crippen LogP contribution in [0.1, 0.15) is 45.2 Å². The van der Waals surface area contributed by atoms with Crippen molar-refractivity contribution < 1.29 is 13.9 Å². The molecule has 7 nitrogen and oxygen atoms in total. The zero-order valence-electron chi connectivity index (χ0n) is 17.2. The Bertz CT molecular complexity index is 1390. The molecule has 0 bridgehead atoms. The SMILES string of the molecule is CCc1ccc2oc3c(c(=O)c2c1)C(c1cccc(OC)c1)N(c1nnc(C)s1)C3=O. The summed E-state index contributed by atoms with van der Waals surface area (Å²) in [5.41, 5.74) is 2.26. The highest BCUT2D eigenvalue weighted by molar-refractivity contribution is 7.15. The number of rotatable bonds is 4. The second-order valence-electron chi connectivity index (χ2n) is 7.32. The number of benzene rings is 2. The molecule has 0 N–H and O–H groups in total. The number of amides is 1. The van der Waals surface area contributed by atoms with E-state index in [-0.39, 0.29) is 11.2 Å². The third-order valence-corrected chi connectivity index (χ3v) is 6.31. The van der Waals surface area contributed by atoms with Crippen molar-refractivity contribution in [2.24, 2.45) is 0 Å². The molecule has 8 heteroatoms. The van der Waals surface area contributed by atoms with Crippen LogP contribution in [0.15, 0.2) is 51.7 Å². The van der Waals surface area contributed by atoms with Gasteiger partial charge in [-0.1, -0.05) is 36.5 Å². The van der Waals surface area contributed by atoms with E-state index < -0.39 is 11.9 Å². The molecule has 2 aromatic carbocycles. The van der Waals surface area contributed by atoms with Gasteiger partial charge in [0.2, 0.25) is 10.9 Å². The van der Waals surface area contributed by atoms with Crippen LogP contribution in [-0.4, -0.2) is 23.2 Å². The number of hydrogen-bond donors (Lipinski definition) is 0. The first-order chi connectivity index (χ1) is 15.0. The molecular formula is C23H19N3O4S. The number of nitrogens with zero attached hydrogens (tertiary/aromatic N) is 3. The van der Waals surface area contributed by atoms with Gasteiger partial charge < -0.3 is 9.15 Å². The van der Waals surface area contributed by atoms with Crippen LogP contribution in [0, 0.1) is 6.92 Å². The molecular weight excluding hydrogens is 414 g/mol. The topological polar surface area (TPSA) is 85.5 Å². The molecule has 5 rings (SSSR count). The first kappa shape index (κ1) is 19.4. The molecule has 0 radical (unpaired) electrons. The lowest BCUT2D eigenvalue weighted by Gasteiger charge is -2.22. The van der Waals surface area contributed by atoms with E-state index in [1.54, 1.807) is 13.2 Å². The van der Waals surface area contributed by atoms with Crippen LogP contribution in [0.25, 0.3) is 11.0 Å². The smallest absolute Gasteiger partial charge is 0.297 e. The van der Waals surface area contributed by atoms with Crippen LogP contribution < -0.4 is 15.1 Å². The highest BCUT2D eigenvalue weighted by Crippen LogP contribution is 2.42. The molecule has 0 spiro atoms. The van der Waals surface area contributed by atoms with E-state index in [1.165, 1.54) is 16.2 Å². The van der Waals surface area contributed by atoms with Crippen molar-refractivity contribution in [1.29, 1.82) is 0 Å². The predicted molar refractivity (Wildman–Crippen MR) is 118 cm³/mol. The molecule has 0 saturated carbocycles. The van der Waals surface area contributed by atoms with Crippen molar-refractivity contribution in [3.8, 4) is 5.75 Å². The molecule has 0 saturated heterocycles. The van der Waals surface area contributed by atoms with Gasteiger partial charge in [-0.2, -0.15) is 0 Å². The lowest BCUT2D eigenvalue weighted by Crippen LogP contribution is -2.29. The van der Waals surface area contributed by atoms with Crippen LogP contribution in [0.4, 0.5) is 5.13 Å². The van der Waals surface area contributed by atoms with E-state index in [1.807, 2.05) is 50.2 Å². The van der Waals surface area contributed by atoms with E-state index in [2.05, 4.69) is 10.2 Å². The normalized spacial score (nSPS) is 15.5. The monoisotopic (exact) mass is 433 g/mol. The van der Waals surface area contributed by atoms with Gasteiger partial charge >= 0.3 is 0 Å². The maximum atomic E-state index is 13.7. The Morgan fingerprint density at radius 3 is 2.71 bits per heavy atom. The number of methoxy groups -OCH3 is 1. The molecule has 3 heterocycles. The Kier molecular flexibility index (Phi) is 4.59. The summed E-state index contributed by atoms with van der Waals surface area (Å²) in [6.45, 7) is 3.84. The number of ether oxygens (including phenoxy) is 1. The van der Waals surface area contributed by atoms with Crippen molar-refractivity contribution in [2.75, 3.05) is 12.0 Å². The quantitative estimate of drug-likeness (QED) is 0.478. The third kappa shape index (κ3) is 3.02. The number of fused-ring (bicyclic) bond motifs is 2. The molecule has 1 unspecified atom stereocenters. The summed E-state index contributed by atoms with van der Waals surface area (Å²) < 4.78 is 11.4. The maximum Gasteiger partial charge on any atom is 0.297 e. The fourth-order valence-corrected chi connectivity index (χ4v) is 4.66. The molecule has 156 valence electrons. The van der Waals surface area contributed by atoms with E-state index in [0.717, 1.165) is 22.6 Å². The van der Waals surface area contributed by atoms with Gasteiger partial charge in [0.25, 0.3) is 5.91 Å². The van der Waals surface area contributed by atoms with Gasteiger partial charge in [0.1, 0.15) is 16.3 Å². The number of carbonyl (C=O) groups is 1. The van der Waals surface area contributed by atoms with Crippen LogP contribution in [0.3, 0.4) is 0 Å². The summed E-state index contributed by atoms with van der Waals surface area (Å²) in [7, 11) is 1.58. The summed E-state index contributed by atoms with van der Waals surface area (Å²) >= 11 is 1.29. The minimum absolute atomic E-state index is 0.0439. The first-order valence-corrected chi connectivity index (χ1v) is 10.7. The number of anilines is 1. The lowest BCUT2D eigenvalue weighted by atomic mass is 9.98. The molecule has 1 atom stereocenters. The van der Waals surface area contributed by atoms with Crippen LogP contribution in [-0.2, 0) is 6.42 Å². The lowest BCUT2D eigenvalue weighted by molar-refractivity contribution is 0.0970. The summed E-state index contributed by atoms with van der Waals surface area (Å²) in [6, 6.07) is 12.1. The Hall–Kier alpha value is -3.52. The highest BCUT2D eigenvalue weighted by atomic mass is 32.1. The molecule has 1 aliphatic heterocycles. The van der Waals surface area contributed by atoms with Gasteiger partial charge in [-0.25, -0.2) is 0 Å². The van der Waals surface area contributed by atoms with Gasteiger partial charge in [0, 0.05) is 0 Å². The van der Waals surface area contributed by atoms with Crippen molar-refractivity contribution >= 4 is 33.3 Å². The van der Waals surface area contributed by atoms with E-state index in [0.29, 0.717) is 27.4 Å². The molecule has 0 aliphatic carbocycles. The number of carbonyl (C=O) groups excluding carboxylic acids is 1. The van der Waals surface area contributed by atoms with Gasteiger partial charge in [-0.3, -0.25) is 14.5 Å². The second-order valence-corrected chi connectivity index (χ2v) is 8.48. The minimum atomic E-state index is -0.684. The average Bonchev–Trinajstić information content (AvgIpc) is 3.34. The zero-order chi connectivity index (χ0) is 21.7. The standard InChI is InChI=1S/C23H19N3O4S/c1-4-13-8-9-17-16(10-13)20(27)18-19(14-6-5-7-15(11-14)29-3)26(22(28)21(18)30-17)23-25-24-12(2)31-23/h5-11,19H,4H2,1-3H3. The van der Waals surface area contributed by atoms with Gasteiger partial charge in [0.15, 0.2) is 5.43 Å². The maximum absolute atomic E-state index is 13.7. The molecule has 4 aromatic rings. The van der Waals surface area contributed by atoms with Crippen molar-refractivity contribution in [1.82, 2.24) is 10.2 Å². The van der Waals surface area contributed by atoms with Gasteiger partial charge in [-0.15, -0.1) is 10.2 Å². The number of hydrogen-bond acceptors (Lipinski definition) is 7. The zero-order valence-corrected chi connectivity index (χ0v) is 18.0. The predicted octanol–water partition coefficient (Wildman–Crippen LogP) is 4.27. The summed E-state index contributed by atoms with van der Waals surface area (Å²) in [6.07, 6.45) is 0.793. The fourth-order valence-electron chi connectivity index (χ4n) is 3.95. The molecule has 1 aliphatic rings. The largest absolute Gasteiger partial charge is 0.497 e. The van der Waals surface area contributed by atoms with E-state index in [4.69, 9.17) is 9.15 Å². The summed E-state index contributed by atoms with van der Waals surface area (Å²) in [4.78, 5) is 28.6. The van der Waals surface area contributed by atoms with Crippen LogP contribution >= 0.6 is 11.3 Å². The minimum Gasteiger partial charge on any atom is -0.497 e. The summed E-state index contributed by atoms with van der Waals surface area (Å²) in [5, 5.41) is 9.84. The first-order valence-electron chi connectivity index (χ1n) is 9.89. The summed E-state index contributed by atoms with van der Waals surface area (Å²) in [5.74, 6) is 0.269. The van der Waals surface area contributed by atoms with Crippen molar-refractivity contribution in [3.63, 3.8) is 0 Å². The number of aromatic nitrogens is 2. The fraction of sp³-hybridized carbons (Fsp3) is 0.217. The molecule has 2 aromatic heterocycles. The average molecular weight is 433 g/mol. The van der Waals surface area contributed by atoms with E-state index >= 15 is 0 Å². The molecule has 31 heavy (non-hydrogen) atoms. The third-order valence-electron chi connectivity index (χ3n) is 5.47. The van der Waals surface area contributed by atoms with Crippen LogP contribution in [0.5, 0.6) is 5.75 Å². The Balaban J connectivity index is 1.81. The van der Waals surface area contributed by atoms with Gasteiger partial charge in [-0.05, 0) is 48.7 Å². The molecule has 0 fully saturated rings. The number of aryl methyl sites for hydroxylation is 2. The van der Waals surface area contributed by atoms with Gasteiger partial charge in [0.05, 0.1) is 24.1 Å². The van der Waals surface area contributed by atoms with E-state index in [9.17, 15) is 9.59 Å². The Morgan fingerprint density at radius 1 is 1.16 bits per heavy atom. The van der Waals surface area contributed by atoms with Crippen LogP contribution in [0.2, 0.25) is 0 Å². The second kappa shape index (κ2) is 7.31. The Labute approximate surface area is 181 Å². The highest BCUT2D eigenvalue weighted by Gasteiger charge is 2.45. The van der Waals surface area contributed by atoms with Crippen molar-refractivity contribution in [3.05, 3.63) is 80.1 Å².